The molecule has 1 aromatic carbocycles. The van der Waals surface area contributed by atoms with E-state index in [1.165, 1.54) is 41.2 Å². The van der Waals surface area contributed by atoms with Crippen molar-refractivity contribution in [3.8, 4) is 12.1 Å². The monoisotopic (exact) mass is 517 g/mol. The Morgan fingerprint density at radius 1 is 1.19 bits per heavy atom. The molecular formula is C27H31N7O2S. The predicted octanol–water partition coefficient (Wildman–Crippen LogP) is 1.96. The Kier molecular flexibility index (Phi) is 8.44. The van der Waals surface area contributed by atoms with Gasteiger partial charge in [-0.15, -0.1) is 11.3 Å². The van der Waals surface area contributed by atoms with Gasteiger partial charge in [-0.25, -0.2) is 0 Å². The fraction of sp³-hybridized carbons (Fsp3) is 0.407. The van der Waals surface area contributed by atoms with E-state index in [-0.39, 0.29) is 22.3 Å². The molecule has 4 rings (SSSR count). The second-order valence-electron chi connectivity index (χ2n) is 9.12. The Bertz CT molecular complexity index is 1560. The number of likely N-dealkylation sites (tertiary alicyclic amines) is 1. The van der Waals surface area contributed by atoms with Crippen molar-refractivity contribution in [3.63, 3.8) is 0 Å². The van der Waals surface area contributed by atoms with E-state index in [0.717, 1.165) is 42.2 Å². The highest BCUT2D eigenvalue weighted by molar-refractivity contribution is 7.07. The number of nitriles is 2. The quantitative estimate of drug-likeness (QED) is 0.463. The van der Waals surface area contributed by atoms with Gasteiger partial charge < -0.3 is 15.2 Å². The van der Waals surface area contributed by atoms with Gasteiger partial charge in [-0.1, -0.05) is 12.8 Å². The van der Waals surface area contributed by atoms with Crippen LogP contribution < -0.4 is 25.4 Å². The Labute approximate surface area is 219 Å². The highest BCUT2D eigenvalue weighted by Crippen LogP contribution is 2.26. The lowest BCUT2D eigenvalue weighted by molar-refractivity contribution is -0.115. The summed E-state index contributed by atoms with van der Waals surface area (Å²) in [6, 6.07) is 9.86. The fourth-order valence-electron chi connectivity index (χ4n) is 4.77. The molecule has 0 atom stereocenters. The molecule has 1 aliphatic rings. The first kappa shape index (κ1) is 26.2. The van der Waals surface area contributed by atoms with Gasteiger partial charge in [0.25, 0.3) is 11.5 Å². The van der Waals surface area contributed by atoms with Crippen LogP contribution in [0, 0.1) is 22.7 Å². The fourth-order valence-corrected chi connectivity index (χ4v) is 5.86. The number of nitrogens with one attached hydrogen (secondary N) is 2. The van der Waals surface area contributed by atoms with Gasteiger partial charge in [0.2, 0.25) is 0 Å². The van der Waals surface area contributed by atoms with Crippen LogP contribution in [-0.2, 0) is 24.9 Å². The SMILES string of the molecule is CCn1c(=O)/c(=C/Nc2ccc3c(c2)c(CN2CCCCCC2)cn3C)s/c1=C(\C#N)C(=O)NCC#N. The Balaban J connectivity index is 1.67. The van der Waals surface area contributed by atoms with Crippen LogP contribution in [0.25, 0.3) is 22.7 Å². The summed E-state index contributed by atoms with van der Waals surface area (Å²) in [5, 5.41) is 25.1. The van der Waals surface area contributed by atoms with Gasteiger partial charge in [-0.3, -0.25) is 19.1 Å². The number of fused-ring (bicyclic) bond motifs is 1. The maximum absolute atomic E-state index is 13.0. The number of thiazole rings is 1. The van der Waals surface area contributed by atoms with E-state index in [2.05, 4.69) is 45.5 Å². The molecular weight excluding hydrogens is 486 g/mol. The molecule has 9 nitrogen and oxygen atoms in total. The molecule has 1 saturated heterocycles. The van der Waals surface area contributed by atoms with Crippen LogP contribution in [-0.4, -0.2) is 39.6 Å². The number of nitrogens with zero attached hydrogens (tertiary/aromatic N) is 5. The van der Waals surface area contributed by atoms with Crippen molar-refractivity contribution >= 4 is 45.6 Å². The predicted molar refractivity (Wildman–Crippen MR) is 146 cm³/mol. The second-order valence-corrected chi connectivity index (χ2v) is 10.2. The first-order chi connectivity index (χ1) is 18.0. The maximum Gasteiger partial charge on any atom is 0.270 e. The summed E-state index contributed by atoms with van der Waals surface area (Å²) in [6.07, 6.45) is 8.93. The topological polar surface area (TPSA) is 119 Å². The highest BCUT2D eigenvalue weighted by Gasteiger charge is 2.16. The lowest BCUT2D eigenvalue weighted by atomic mass is 10.1. The Morgan fingerprint density at radius 3 is 2.62 bits per heavy atom. The lowest BCUT2D eigenvalue weighted by Crippen LogP contribution is -2.34. The zero-order valence-corrected chi connectivity index (χ0v) is 22.0. The number of aryl methyl sites for hydroxylation is 1. The van der Waals surface area contributed by atoms with Gasteiger partial charge in [0, 0.05) is 49.1 Å². The largest absolute Gasteiger partial charge is 0.360 e. The molecule has 1 aliphatic heterocycles. The summed E-state index contributed by atoms with van der Waals surface area (Å²) < 4.78 is 4.22. The molecule has 37 heavy (non-hydrogen) atoms. The Morgan fingerprint density at radius 2 is 1.95 bits per heavy atom. The van der Waals surface area contributed by atoms with E-state index >= 15 is 0 Å². The third-order valence-electron chi connectivity index (χ3n) is 6.64. The summed E-state index contributed by atoms with van der Waals surface area (Å²) in [7, 11) is 2.06. The zero-order chi connectivity index (χ0) is 26.4. The Hall–Kier alpha value is -3.86. The first-order valence-corrected chi connectivity index (χ1v) is 13.3. The molecule has 0 unspecified atom stereocenters. The first-order valence-electron chi connectivity index (χ1n) is 12.5. The van der Waals surface area contributed by atoms with E-state index in [1.807, 2.05) is 18.2 Å². The molecule has 2 aromatic heterocycles. The highest BCUT2D eigenvalue weighted by atomic mass is 32.1. The summed E-state index contributed by atoms with van der Waals surface area (Å²) >= 11 is 1.08. The minimum Gasteiger partial charge on any atom is -0.360 e. The molecule has 3 heterocycles. The average Bonchev–Trinajstić information content (AvgIpc) is 3.23. The van der Waals surface area contributed by atoms with Crippen LogP contribution in [0.1, 0.15) is 38.2 Å². The van der Waals surface area contributed by atoms with Gasteiger partial charge in [-0.2, -0.15) is 10.5 Å². The second kappa shape index (κ2) is 11.9. The molecule has 10 heteroatoms. The van der Waals surface area contributed by atoms with Crippen LogP contribution in [0.2, 0.25) is 0 Å². The number of benzene rings is 1. The van der Waals surface area contributed by atoms with E-state index in [4.69, 9.17) is 5.26 Å². The number of amides is 1. The van der Waals surface area contributed by atoms with Gasteiger partial charge in [0.15, 0.2) is 5.57 Å². The molecule has 2 N–H and O–H groups in total. The lowest BCUT2D eigenvalue weighted by Gasteiger charge is -2.19. The molecule has 0 radical (unpaired) electrons. The van der Waals surface area contributed by atoms with Crippen molar-refractivity contribution in [3.05, 3.63) is 49.5 Å². The third kappa shape index (κ3) is 5.77. The van der Waals surface area contributed by atoms with Crippen LogP contribution in [0.4, 0.5) is 5.69 Å². The van der Waals surface area contributed by atoms with Crippen molar-refractivity contribution < 1.29 is 4.79 Å². The van der Waals surface area contributed by atoms with Crippen LogP contribution in [0.3, 0.4) is 0 Å². The van der Waals surface area contributed by atoms with Crippen molar-refractivity contribution in [2.75, 3.05) is 25.0 Å². The van der Waals surface area contributed by atoms with Crippen LogP contribution in [0.15, 0.2) is 29.2 Å². The number of aromatic nitrogens is 2. The standard InChI is InChI=1S/C27H31N7O2S/c1-3-34-26(36)24(37-27(34)22(15-29)25(35)30-11-10-28)16-31-20-8-9-23-21(14-20)19(17-32(23)2)18-33-12-6-4-5-7-13-33/h8-9,14,16-17,31H,3-7,11-13,18H2,1-2H3,(H,30,35)/b24-16-,27-22+. The van der Waals surface area contributed by atoms with E-state index < -0.39 is 5.91 Å². The molecule has 0 saturated carbocycles. The minimum absolute atomic E-state index is 0.178. The van der Waals surface area contributed by atoms with Crippen molar-refractivity contribution in [2.24, 2.45) is 7.05 Å². The molecule has 3 aromatic rings. The molecule has 0 aliphatic carbocycles. The number of anilines is 1. The number of hydrogen-bond acceptors (Lipinski definition) is 7. The van der Waals surface area contributed by atoms with Crippen molar-refractivity contribution in [1.82, 2.24) is 19.4 Å². The van der Waals surface area contributed by atoms with Gasteiger partial charge in [-0.05, 0) is 56.6 Å². The normalized spacial score (nSPS) is 15.6. The molecule has 192 valence electrons. The van der Waals surface area contributed by atoms with E-state index in [0.29, 0.717) is 11.1 Å². The smallest absolute Gasteiger partial charge is 0.270 e. The molecule has 1 amide bonds. The number of rotatable bonds is 7. The molecule has 0 bridgehead atoms. The van der Waals surface area contributed by atoms with E-state index in [1.54, 1.807) is 13.1 Å². The maximum atomic E-state index is 13.0. The molecule has 1 fully saturated rings. The van der Waals surface area contributed by atoms with Gasteiger partial charge in [0.05, 0.1) is 6.07 Å². The summed E-state index contributed by atoms with van der Waals surface area (Å²) in [6.45, 7) is 5.05. The number of carbonyl (C=O) groups is 1. The third-order valence-corrected chi connectivity index (χ3v) is 7.77. The van der Waals surface area contributed by atoms with Crippen molar-refractivity contribution in [1.29, 1.82) is 10.5 Å². The number of carbonyl (C=O) groups excluding carboxylic acids is 1. The molecule has 0 spiro atoms. The zero-order valence-electron chi connectivity index (χ0n) is 21.2. The summed E-state index contributed by atoms with van der Waals surface area (Å²) in [5.41, 5.74) is 2.83. The summed E-state index contributed by atoms with van der Waals surface area (Å²) in [5.74, 6) is -0.668. The van der Waals surface area contributed by atoms with E-state index in [9.17, 15) is 14.9 Å². The number of hydrogen-bond donors (Lipinski definition) is 2. The van der Waals surface area contributed by atoms with Crippen LogP contribution >= 0.6 is 11.3 Å². The van der Waals surface area contributed by atoms with Crippen molar-refractivity contribution in [2.45, 2.75) is 45.7 Å². The minimum atomic E-state index is -0.668. The average molecular weight is 518 g/mol. The van der Waals surface area contributed by atoms with Crippen LogP contribution in [0.5, 0.6) is 0 Å². The summed E-state index contributed by atoms with van der Waals surface area (Å²) in [4.78, 5) is 27.9. The van der Waals surface area contributed by atoms with Gasteiger partial charge >= 0.3 is 0 Å². The van der Waals surface area contributed by atoms with Gasteiger partial charge in [0.1, 0.15) is 21.8 Å².